The van der Waals surface area contributed by atoms with E-state index in [1.54, 1.807) is 43.5 Å². The Hall–Kier alpha value is -5.10. The van der Waals surface area contributed by atoms with E-state index in [9.17, 15) is 22.4 Å². The maximum Gasteiger partial charge on any atom is 0.255 e. The lowest BCUT2D eigenvalue weighted by molar-refractivity contribution is 0.0928. The van der Waals surface area contributed by atoms with Gasteiger partial charge in [0.05, 0.1) is 40.0 Å². The Morgan fingerprint density at radius 1 is 0.978 bits per heavy atom. The van der Waals surface area contributed by atoms with Gasteiger partial charge in [-0.1, -0.05) is 25.1 Å². The van der Waals surface area contributed by atoms with Gasteiger partial charge in [0.25, 0.3) is 11.8 Å². The maximum atomic E-state index is 13.7. The van der Waals surface area contributed by atoms with Crippen molar-refractivity contribution >= 4 is 33.0 Å². The Morgan fingerprint density at radius 2 is 1.76 bits per heavy atom. The fourth-order valence-corrected chi connectivity index (χ4v) is 6.53. The molecule has 2 amide bonds. The van der Waals surface area contributed by atoms with E-state index in [1.807, 2.05) is 18.2 Å². The van der Waals surface area contributed by atoms with Gasteiger partial charge in [0.1, 0.15) is 11.5 Å². The molecule has 0 saturated heterocycles. The molecule has 45 heavy (non-hydrogen) atoms. The lowest BCUT2D eigenvalue weighted by Crippen LogP contribution is -2.35. The predicted molar refractivity (Wildman–Crippen MR) is 170 cm³/mol. The zero-order chi connectivity index (χ0) is 31.8. The average molecular weight is 627 g/mol. The van der Waals surface area contributed by atoms with Crippen molar-refractivity contribution in [2.24, 2.45) is 0 Å². The number of anilines is 1. The van der Waals surface area contributed by atoms with Gasteiger partial charge >= 0.3 is 0 Å². The zero-order valence-corrected chi connectivity index (χ0v) is 25.5. The number of benzene rings is 2. The molecule has 3 aromatic heterocycles. The average Bonchev–Trinajstić information content (AvgIpc) is 3.73. The smallest absolute Gasteiger partial charge is 0.255 e. The summed E-state index contributed by atoms with van der Waals surface area (Å²) in [6.07, 6.45) is 5.15. The molecule has 10 nitrogen and oxygen atoms in total. The zero-order valence-electron chi connectivity index (χ0n) is 24.7. The summed E-state index contributed by atoms with van der Waals surface area (Å²) in [4.78, 5) is 31.1. The number of hydrogen-bond acceptors (Lipinski definition) is 6. The van der Waals surface area contributed by atoms with Crippen molar-refractivity contribution in [2.75, 3.05) is 17.5 Å². The Morgan fingerprint density at radius 3 is 2.42 bits per heavy atom. The fraction of sp³-hybridized carbons (Fsp3) is 0.212. The third kappa shape index (κ3) is 6.01. The molecular weight excluding hydrogens is 595 g/mol. The third-order valence-electron chi connectivity index (χ3n) is 7.77. The van der Waals surface area contributed by atoms with E-state index in [0.717, 1.165) is 18.5 Å². The number of aromatic nitrogens is 3. The Bertz CT molecular complexity index is 2020. The van der Waals surface area contributed by atoms with Crippen molar-refractivity contribution in [3.8, 4) is 22.4 Å². The number of sulfonamides is 1. The van der Waals surface area contributed by atoms with Crippen LogP contribution in [0.5, 0.6) is 0 Å². The van der Waals surface area contributed by atoms with Crippen LogP contribution in [0.1, 0.15) is 52.6 Å². The Labute approximate surface area is 259 Å². The number of pyridine rings is 2. The Kier molecular flexibility index (Phi) is 7.83. The van der Waals surface area contributed by atoms with Gasteiger partial charge in [-0.05, 0) is 79.4 Å². The predicted octanol–water partition coefficient (Wildman–Crippen LogP) is 5.13. The number of carbonyl (C=O) groups is 2. The van der Waals surface area contributed by atoms with Crippen LogP contribution in [-0.2, 0) is 15.6 Å². The van der Waals surface area contributed by atoms with E-state index in [1.165, 1.54) is 42.0 Å². The number of nitrogens with zero attached hydrogens (tertiary/aromatic N) is 3. The second-order valence-electron chi connectivity index (χ2n) is 11.0. The van der Waals surface area contributed by atoms with Crippen LogP contribution in [0.15, 0.2) is 85.2 Å². The summed E-state index contributed by atoms with van der Waals surface area (Å²) in [5.74, 6) is -1.25. The summed E-state index contributed by atoms with van der Waals surface area (Å²) < 4.78 is 43.7. The molecule has 3 N–H and O–H groups in total. The number of fused-ring (bicyclic) bond motifs is 1. The summed E-state index contributed by atoms with van der Waals surface area (Å²) in [5, 5.41) is 10.4. The molecule has 1 fully saturated rings. The van der Waals surface area contributed by atoms with Crippen LogP contribution in [0.2, 0.25) is 0 Å². The molecule has 230 valence electrons. The molecule has 1 saturated carbocycles. The lowest BCUT2D eigenvalue weighted by Gasteiger charge is -2.18. The topological polar surface area (TPSA) is 135 Å². The van der Waals surface area contributed by atoms with Crippen LogP contribution in [0, 0.1) is 5.82 Å². The molecule has 0 bridgehead atoms. The first-order valence-corrected chi connectivity index (χ1v) is 16.2. The van der Waals surface area contributed by atoms with E-state index in [2.05, 4.69) is 25.4 Å². The lowest BCUT2D eigenvalue weighted by atomic mass is 10.00. The minimum Gasteiger partial charge on any atom is -0.355 e. The summed E-state index contributed by atoms with van der Waals surface area (Å²) in [6.45, 7) is 1.77. The van der Waals surface area contributed by atoms with Gasteiger partial charge in [0, 0.05) is 29.9 Å². The molecule has 6 rings (SSSR count). The molecule has 2 aromatic carbocycles. The standard InChI is InChI=1S/C33H31FN6O4S/c1-3-17-45(43,44)39-26-20-40-27(29(32(42)35-2)30(38-40)21-10-12-24(34)13-11-21)19-25(26)22-7-6-8-23(18-22)31(41)37-33(14-15-33)28-9-4-5-16-36-28/h4-13,16,18-20,39H,3,14-15,17H2,1-2H3,(H,35,42)(H,37,41). The van der Waals surface area contributed by atoms with Gasteiger partial charge in [-0.2, -0.15) is 5.10 Å². The minimum atomic E-state index is -3.74. The maximum absolute atomic E-state index is 13.7. The van der Waals surface area contributed by atoms with E-state index in [4.69, 9.17) is 0 Å². The highest BCUT2D eigenvalue weighted by atomic mass is 32.2. The monoisotopic (exact) mass is 626 g/mol. The van der Waals surface area contributed by atoms with Gasteiger partial charge in [0.15, 0.2) is 0 Å². The quantitative estimate of drug-likeness (QED) is 0.197. The normalized spacial score (nSPS) is 13.8. The highest BCUT2D eigenvalue weighted by Gasteiger charge is 2.47. The highest BCUT2D eigenvalue weighted by Crippen LogP contribution is 2.44. The van der Waals surface area contributed by atoms with Crippen LogP contribution in [-0.4, -0.2) is 47.6 Å². The van der Waals surface area contributed by atoms with Gasteiger partial charge in [-0.3, -0.25) is 19.3 Å². The molecule has 0 aliphatic heterocycles. The molecule has 0 spiro atoms. The number of amides is 2. The Balaban J connectivity index is 1.47. The van der Waals surface area contributed by atoms with Crippen molar-refractivity contribution in [3.63, 3.8) is 0 Å². The second-order valence-corrected chi connectivity index (χ2v) is 12.8. The van der Waals surface area contributed by atoms with Crippen molar-refractivity contribution in [2.45, 2.75) is 31.7 Å². The van der Waals surface area contributed by atoms with Crippen molar-refractivity contribution < 1.29 is 22.4 Å². The SMILES string of the molecule is CCCS(=O)(=O)Nc1cn2nc(-c3ccc(F)cc3)c(C(=O)NC)c2cc1-c1cccc(C(=O)NC2(c3ccccn3)CC2)c1. The molecule has 0 radical (unpaired) electrons. The molecule has 12 heteroatoms. The van der Waals surface area contributed by atoms with E-state index in [-0.39, 0.29) is 22.9 Å². The van der Waals surface area contributed by atoms with Gasteiger partial charge in [-0.15, -0.1) is 0 Å². The number of carbonyl (C=O) groups excluding carboxylic acids is 2. The van der Waals surface area contributed by atoms with Crippen LogP contribution in [0.3, 0.4) is 0 Å². The van der Waals surface area contributed by atoms with Crippen LogP contribution in [0.4, 0.5) is 10.1 Å². The van der Waals surface area contributed by atoms with E-state index < -0.39 is 27.3 Å². The van der Waals surface area contributed by atoms with Gasteiger partial charge < -0.3 is 10.6 Å². The number of halogens is 1. The van der Waals surface area contributed by atoms with E-state index >= 15 is 0 Å². The molecule has 0 unspecified atom stereocenters. The molecular formula is C33H31FN6O4S. The van der Waals surface area contributed by atoms with Gasteiger partial charge in [-0.25, -0.2) is 17.3 Å². The highest BCUT2D eigenvalue weighted by molar-refractivity contribution is 7.92. The number of nitrogens with one attached hydrogen (secondary N) is 3. The second kappa shape index (κ2) is 11.8. The first-order valence-electron chi connectivity index (χ1n) is 14.5. The molecule has 1 aliphatic rings. The summed E-state index contributed by atoms with van der Waals surface area (Å²) in [6, 6.07) is 19.7. The third-order valence-corrected chi connectivity index (χ3v) is 9.25. The molecule has 1 aliphatic carbocycles. The van der Waals surface area contributed by atoms with Crippen molar-refractivity contribution in [3.05, 3.63) is 108 Å². The molecule has 5 aromatic rings. The first-order chi connectivity index (χ1) is 21.6. The first kappa shape index (κ1) is 29.9. The fourth-order valence-electron chi connectivity index (χ4n) is 5.39. The number of hydrogen-bond donors (Lipinski definition) is 3. The summed E-state index contributed by atoms with van der Waals surface area (Å²) in [5.41, 5.74) is 3.30. The molecule has 3 heterocycles. The van der Waals surface area contributed by atoms with Crippen LogP contribution >= 0.6 is 0 Å². The van der Waals surface area contributed by atoms with Crippen molar-refractivity contribution in [1.82, 2.24) is 25.2 Å². The summed E-state index contributed by atoms with van der Waals surface area (Å²) in [7, 11) is -2.24. The minimum absolute atomic E-state index is 0.105. The van der Waals surface area contributed by atoms with E-state index in [0.29, 0.717) is 39.9 Å². The van der Waals surface area contributed by atoms with Crippen LogP contribution < -0.4 is 15.4 Å². The summed E-state index contributed by atoms with van der Waals surface area (Å²) >= 11 is 0. The van der Waals surface area contributed by atoms with Crippen molar-refractivity contribution in [1.29, 1.82) is 0 Å². The molecule has 0 atom stereocenters. The van der Waals surface area contributed by atoms with Crippen LogP contribution in [0.25, 0.3) is 27.9 Å². The largest absolute Gasteiger partial charge is 0.355 e. The number of rotatable bonds is 10. The van der Waals surface area contributed by atoms with Gasteiger partial charge in [0.2, 0.25) is 10.0 Å².